The minimum absolute atomic E-state index is 0.0141. The third-order valence-corrected chi connectivity index (χ3v) is 7.67. The summed E-state index contributed by atoms with van der Waals surface area (Å²) < 4.78 is 37.8. The van der Waals surface area contributed by atoms with E-state index >= 15 is 0 Å². The van der Waals surface area contributed by atoms with Gasteiger partial charge in [-0.2, -0.15) is 4.31 Å². The number of aromatic nitrogens is 1. The van der Waals surface area contributed by atoms with Crippen molar-refractivity contribution in [1.29, 1.82) is 0 Å². The molecule has 2 fully saturated rings. The van der Waals surface area contributed by atoms with Gasteiger partial charge in [-0.1, -0.05) is 30.3 Å². The van der Waals surface area contributed by atoms with Crippen molar-refractivity contribution in [3.05, 3.63) is 54.2 Å². The minimum Gasteiger partial charge on any atom is -0.381 e. The zero-order valence-corrected chi connectivity index (χ0v) is 17.2. The van der Waals surface area contributed by atoms with Gasteiger partial charge in [-0.3, -0.25) is 0 Å². The maximum absolute atomic E-state index is 12.7. The molecule has 2 aromatic rings. The summed E-state index contributed by atoms with van der Waals surface area (Å²) in [7, 11) is -3.52. The molecule has 0 atom stereocenters. The third kappa shape index (κ3) is 4.45. The smallest absolute Gasteiger partial charge is 0.244 e. The molecule has 0 spiro atoms. The number of sulfonamides is 1. The maximum Gasteiger partial charge on any atom is 0.244 e. The standard InChI is InChI=1S/C21H27N3O4S/c25-29(26,24-10-14-28-15-11-24)19-6-7-20(22-16-19)23-17-21(8-12-27-13-9-21)18-4-2-1-3-5-18/h1-7,16H,8-15,17H2,(H,22,23). The second kappa shape index (κ2) is 8.79. The lowest BCUT2D eigenvalue weighted by atomic mass is 9.74. The molecule has 1 N–H and O–H groups in total. The van der Waals surface area contributed by atoms with Crippen LogP contribution in [0.4, 0.5) is 5.82 Å². The fourth-order valence-electron chi connectivity index (χ4n) is 3.95. The number of pyridine rings is 1. The van der Waals surface area contributed by atoms with Crippen LogP contribution in [-0.4, -0.2) is 63.8 Å². The second-order valence-electron chi connectivity index (χ2n) is 7.51. The molecular formula is C21H27N3O4S. The van der Waals surface area contributed by atoms with Gasteiger partial charge in [-0.15, -0.1) is 0 Å². The highest BCUT2D eigenvalue weighted by Gasteiger charge is 2.34. The van der Waals surface area contributed by atoms with Gasteiger partial charge in [0.05, 0.1) is 13.2 Å². The van der Waals surface area contributed by atoms with Crippen molar-refractivity contribution in [2.75, 3.05) is 51.4 Å². The Bertz CT molecular complexity index is 891. The zero-order valence-electron chi connectivity index (χ0n) is 16.4. The Morgan fingerprint density at radius 1 is 0.966 bits per heavy atom. The topological polar surface area (TPSA) is 80.8 Å². The molecule has 0 bridgehead atoms. The molecule has 2 aliphatic heterocycles. The largest absolute Gasteiger partial charge is 0.381 e. The molecule has 29 heavy (non-hydrogen) atoms. The predicted octanol–water partition coefficient (Wildman–Crippen LogP) is 2.26. The van der Waals surface area contributed by atoms with E-state index in [0.717, 1.165) is 32.6 Å². The van der Waals surface area contributed by atoms with E-state index in [1.54, 1.807) is 12.1 Å². The van der Waals surface area contributed by atoms with Crippen molar-refractivity contribution in [2.45, 2.75) is 23.2 Å². The first-order chi connectivity index (χ1) is 14.1. The van der Waals surface area contributed by atoms with Gasteiger partial charge in [0.25, 0.3) is 0 Å². The van der Waals surface area contributed by atoms with E-state index < -0.39 is 10.0 Å². The molecule has 1 aromatic carbocycles. The molecule has 0 radical (unpaired) electrons. The van der Waals surface area contributed by atoms with Crippen LogP contribution in [0.15, 0.2) is 53.6 Å². The van der Waals surface area contributed by atoms with Crippen LogP contribution in [0, 0.1) is 0 Å². The van der Waals surface area contributed by atoms with Crippen molar-refractivity contribution in [1.82, 2.24) is 9.29 Å². The number of nitrogens with zero attached hydrogens (tertiary/aromatic N) is 2. The number of morpholine rings is 1. The number of anilines is 1. The highest BCUT2D eigenvalue weighted by molar-refractivity contribution is 7.89. The Balaban J connectivity index is 1.47. The molecule has 4 rings (SSSR count). The van der Waals surface area contributed by atoms with Gasteiger partial charge < -0.3 is 14.8 Å². The van der Waals surface area contributed by atoms with Gasteiger partial charge in [0.2, 0.25) is 10.0 Å². The van der Waals surface area contributed by atoms with Crippen molar-refractivity contribution < 1.29 is 17.9 Å². The predicted molar refractivity (Wildman–Crippen MR) is 110 cm³/mol. The molecule has 7 nitrogen and oxygen atoms in total. The van der Waals surface area contributed by atoms with Crippen LogP contribution < -0.4 is 5.32 Å². The van der Waals surface area contributed by atoms with Crippen molar-refractivity contribution >= 4 is 15.8 Å². The fraction of sp³-hybridized carbons (Fsp3) is 0.476. The van der Waals surface area contributed by atoms with Gasteiger partial charge in [-0.05, 0) is 30.5 Å². The Morgan fingerprint density at radius 3 is 2.31 bits per heavy atom. The van der Waals surface area contributed by atoms with Crippen LogP contribution in [0.5, 0.6) is 0 Å². The van der Waals surface area contributed by atoms with Crippen molar-refractivity contribution in [3.8, 4) is 0 Å². The molecule has 156 valence electrons. The lowest BCUT2D eigenvalue weighted by Crippen LogP contribution is -2.40. The molecule has 0 saturated carbocycles. The summed E-state index contributed by atoms with van der Waals surface area (Å²) >= 11 is 0. The average Bonchev–Trinajstić information content (AvgIpc) is 2.80. The first-order valence-corrected chi connectivity index (χ1v) is 11.5. The summed E-state index contributed by atoms with van der Waals surface area (Å²) in [5.74, 6) is 0.674. The average molecular weight is 418 g/mol. The second-order valence-corrected chi connectivity index (χ2v) is 9.45. The molecule has 1 aromatic heterocycles. The summed E-state index contributed by atoms with van der Waals surface area (Å²) in [4.78, 5) is 4.59. The first-order valence-electron chi connectivity index (χ1n) is 10.0. The van der Waals surface area contributed by atoms with Gasteiger partial charge in [-0.25, -0.2) is 13.4 Å². The molecule has 8 heteroatoms. The van der Waals surface area contributed by atoms with Crippen LogP contribution >= 0.6 is 0 Å². The SMILES string of the molecule is O=S(=O)(c1ccc(NCC2(c3ccccc3)CCOCC2)nc1)N1CCOCC1. The fourth-order valence-corrected chi connectivity index (χ4v) is 5.31. The molecular weight excluding hydrogens is 390 g/mol. The van der Waals surface area contributed by atoms with E-state index in [9.17, 15) is 8.42 Å². The zero-order chi connectivity index (χ0) is 20.2. The van der Waals surface area contributed by atoms with E-state index in [0.29, 0.717) is 32.1 Å². The van der Waals surface area contributed by atoms with E-state index in [-0.39, 0.29) is 10.3 Å². The molecule has 0 aliphatic carbocycles. The van der Waals surface area contributed by atoms with Crippen LogP contribution in [0.3, 0.4) is 0 Å². The van der Waals surface area contributed by atoms with E-state index in [1.165, 1.54) is 16.1 Å². The Kier molecular flexibility index (Phi) is 6.15. The summed E-state index contributed by atoms with van der Waals surface area (Å²) in [5.41, 5.74) is 1.28. The molecule has 2 saturated heterocycles. The van der Waals surface area contributed by atoms with E-state index in [4.69, 9.17) is 9.47 Å². The summed E-state index contributed by atoms with van der Waals surface area (Å²) in [6, 6.07) is 13.9. The van der Waals surface area contributed by atoms with Crippen molar-refractivity contribution in [3.63, 3.8) is 0 Å². The molecule has 0 unspecified atom stereocenters. The summed E-state index contributed by atoms with van der Waals surface area (Å²) in [6.07, 6.45) is 3.31. The number of ether oxygens (including phenoxy) is 2. The highest BCUT2D eigenvalue weighted by atomic mass is 32.2. The first kappa shape index (κ1) is 20.3. The van der Waals surface area contributed by atoms with Gasteiger partial charge in [0, 0.05) is 44.5 Å². The number of hydrogen-bond donors (Lipinski definition) is 1. The molecule has 2 aliphatic rings. The molecule has 0 amide bonds. The maximum atomic E-state index is 12.7. The minimum atomic E-state index is -3.52. The number of benzene rings is 1. The number of rotatable bonds is 6. The van der Waals surface area contributed by atoms with E-state index in [2.05, 4.69) is 34.6 Å². The van der Waals surface area contributed by atoms with Crippen LogP contribution in [0.25, 0.3) is 0 Å². The summed E-state index contributed by atoms with van der Waals surface area (Å²) in [5, 5.41) is 3.42. The van der Waals surface area contributed by atoms with Crippen LogP contribution in [0.2, 0.25) is 0 Å². The Labute approximate surface area is 172 Å². The number of nitrogens with one attached hydrogen (secondary N) is 1. The molecule has 3 heterocycles. The van der Waals surface area contributed by atoms with Crippen LogP contribution in [-0.2, 0) is 24.9 Å². The quantitative estimate of drug-likeness (QED) is 0.777. The normalized spacial score (nSPS) is 20.3. The Hall–Kier alpha value is -2.00. The lowest BCUT2D eigenvalue weighted by Gasteiger charge is -2.38. The third-order valence-electron chi connectivity index (χ3n) is 5.79. The van der Waals surface area contributed by atoms with Gasteiger partial charge >= 0.3 is 0 Å². The lowest BCUT2D eigenvalue weighted by molar-refractivity contribution is 0.0543. The van der Waals surface area contributed by atoms with Gasteiger partial charge in [0.15, 0.2) is 0 Å². The number of hydrogen-bond acceptors (Lipinski definition) is 6. The van der Waals surface area contributed by atoms with Crippen molar-refractivity contribution in [2.24, 2.45) is 0 Å². The monoisotopic (exact) mass is 417 g/mol. The summed E-state index contributed by atoms with van der Waals surface area (Å²) in [6.45, 7) is 3.81. The highest BCUT2D eigenvalue weighted by Crippen LogP contribution is 2.35. The van der Waals surface area contributed by atoms with Crippen LogP contribution in [0.1, 0.15) is 18.4 Å². The van der Waals surface area contributed by atoms with E-state index in [1.807, 2.05) is 6.07 Å². The Morgan fingerprint density at radius 2 is 1.66 bits per heavy atom. The van der Waals surface area contributed by atoms with Gasteiger partial charge in [0.1, 0.15) is 10.7 Å².